The van der Waals surface area contributed by atoms with Gasteiger partial charge >= 0.3 is 6.18 Å². The van der Waals surface area contributed by atoms with Crippen molar-refractivity contribution in [1.29, 1.82) is 0 Å². The Morgan fingerprint density at radius 3 is 2.17 bits per heavy atom. The summed E-state index contributed by atoms with van der Waals surface area (Å²) in [5, 5.41) is 20.2. The monoisotopic (exact) mass is 1140 g/mol. The number of hydrogen-bond donors (Lipinski definition) is 6. The fourth-order valence-electron chi connectivity index (χ4n) is 13.9. The molecular weight excluding hydrogens is 1060 g/mol. The Morgan fingerprint density at radius 1 is 0.793 bits per heavy atom. The van der Waals surface area contributed by atoms with Crippen LogP contribution in [0.1, 0.15) is 179 Å². The molecule has 82 heavy (non-hydrogen) atoms. The first kappa shape index (κ1) is 61.1. The number of fused-ring (bicyclic) bond motifs is 1. The van der Waals surface area contributed by atoms with E-state index in [1.807, 2.05) is 35.2 Å². The van der Waals surface area contributed by atoms with Crippen LogP contribution < -0.4 is 31.9 Å². The molecule has 6 fully saturated rings. The molecule has 4 heterocycles. The van der Waals surface area contributed by atoms with Gasteiger partial charge in [0.15, 0.2) is 0 Å². The lowest BCUT2D eigenvalue weighted by molar-refractivity contribution is -0.137. The summed E-state index contributed by atoms with van der Waals surface area (Å²) in [6, 6.07) is 6.39. The first-order valence-electron chi connectivity index (χ1n) is 30.4. The van der Waals surface area contributed by atoms with Gasteiger partial charge < -0.3 is 51.2 Å². The predicted molar refractivity (Wildman–Crippen MR) is 305 cm³/mol. The molecule has 3 aromatic rings. The summed E-state index contributed by atoms with van der Waals surface area (Å²) in [5.74, 6) is 0.499. The third kappa shape index (κ3) is 16.2. The summed E-state index contributed by atoms with van der Waals surface area (Å²) in [7, 11) is 1.87. The number of amides is 5. The molecular formula is C61H88F3N11O7. The molecule has 450 valence electrons. The average Bonchev–Trinajstić information content (AvgIpc) is 4.13. The van der Waals surface area contributed by atoms with E-state index in [4.69, 9.17) is 19.4 Å². The number of ether oxygens (including phenoxy) is 2. The number of nitrogens with zero attached hydrogens (tertiary/aromatic N) is 5. The van der Waals surface area contributed by atoms with Crippen molar-refractivity contribution in [3.05, 3.63) is 59.7 Å². The number of rotatable bonds is 21. The number of anilines is 1. The second kappa shape index (κ2) is 27.5. The number of pyridine rings is 1. The normalized spacial score (nSPS) is 29.2. The Balaban J connectivity index is 0.664. The van der Waals surface area contributed by atoms with E-state index < -0.39 is 17.8 Å². The molecule has 18 nitrogen and oxygen atoms in total. The van der Waals surface area contributed by atoms with Crippen LogP contribution in [-0.2, 0) is 39.6 Å². The second-order valence-corrected chi connectivity index (χ2v) is 25.3. The molecule has 4 aliphatic carbocycles. The minimum atomic E-state index is -4.59. The van der Waals surface area contributed by atoms with Crippen LogP contribution in [0, 0.1) is 11.8 Å². The largest absolute Gasteiger partial charge is 0.416 e. The molecule has 1 unspecified atom stereocenters. The van der Waals surface area contributed by atoms with E-state index >= 15 is 0 Å². The Labute approximate surface area is 481 Å². The Morgan fingerprint density at radius 2 is 1.49 bits per heavy atom. The van der Waals surface area contributed by atoms with Crippen LogP contribution in [0.4, 0.5) is 19.0 Å². The number of halogens is 3. The van der Waals surface area contributed by atoms with Gasteiger partial charge in [-0.1, -0.05) is 6.07 Å². The van der Waals surface area contributed by atoms with E-state index in [0.717, 1.165) is 75.7 Å². The van der Waals surface area contributed by atoms with E-state index in [-0.39, 0.29) is 112 Å². The molecule has 2 saturated heterocycles. The highest BCUT2D eigenvalue weighted by Crippen LogP contribution is 2.39. The van der Waals surface area contributed by atoms with Crippen molar-refractivity contribution in [3.63, 3.8) is 0 Å². The summed E-state index contributed by atoms with van der Waals surface area (Å²) in [4.78, 5) is 83.2. The summed E-state index contributed by atoms with van der Waals surface area (Å²) >= 11 is 0. The number of carbonyl (C=O) groups is 5. The Bertz CT molecular complexity index is 2660. The summed E-state index contributed by atoms with van der Waals surface area (Å²) in [5.41, 5.74) is 0.468. The highest BCUT2D eigenvalue weighted by atomic mass is 19.4. The minimum absolute atomic E-state index is 0.0108. The first-order valence-corrected chi connectivity index (χ1v) is 30.4. The van der Waals surface area contributed by atoms with Gasteiger partial charge in [-0.25, -0.2) is 9.97 Å². The van der Waals surface area contributed by atoms with E-state index in [9.17, 15) is 37.1 Å². The number of likely N-dealkylation sites (tertiary alicyclic amines) is 2. The third-order valence-electron chi connectivity index (χ3n) is 18.0. The molecule has 21 heteroatoms. The molecule has 6 N–H and O–H groups in total. The summed E-state index contributed by atoms with van der Waals surface area (Å²) in [6.07, 6.45) is 12.9. The third-order valence-corrected chi connectivity index (χ3v) is 18.0. The van der Waals surface area contributed by atoms with Gasteiger partial charge in [-0.05, 0) is 160 Å². The lowest BCUT2D eigenvalue weighted by atomic mass is 9.83. The van der Waals surface area contributed by atoms with Gasteiger partial charge in [0.2, 0.25) is 29.5 Å². The SMILES string of the molecule is CC(=O)N[C@@H]1C[C@H](NC(C)(C)C)CC[C@@H]1N1CC[C@H](Nc2nc([C@H]3CC[C@@H](NC(=O)[C@H]4CC[C@H](NC(=O)CCCO[C@H]5CC[C@H](OCCNCC6CC(=O)N(C)[C@@H]6c6cccnc6)CC5)CC4)CC3)nc3ccc(C(F)(F)F)cc23)C1=O. The van der Waals surface area contributed by atoms with E-state index in [1.165, 1.54) is 13.0 Å². The fraction of sp³-hybridized carbons (Fsp3) is 0.705. The van der Waals surface area contributed by atoms with Crippen molar-refractivity contribution >= 4 is 46.3 Å². The fourth-order valence-corrected chi connectivity index (χ4v) is 13.9. The van der Waals surface area contributed by atoms with Crippen molar-refractivity contribution < 1.29 is 46.6 Å². The number of nitrogens with one attached hydrogen (secondary N) is 6. The Kier molecular flexibility index (Phi) is 20.5. The first-order chi connectivity index (χ1) is 39.2. The number of aromatic nitrogens is 3. The van der Waals surface area contributed by atoms with Gasteiger partial charge in [-0.2, -0.15) is 13.2 Å². The maximum absolute atomic E-state index is 14.2. The zero-order valence-corrected chi connectivity index (χ0v) is 48.7. The number of benzene rings is 1. The van der Waals surface area contributed by atoms with Gasteiger partial charge in [0.05, 0.1) is 48.0 Å². The molecule has 5 amide bonds. The molecule has 9 rings (SSSR count). The van der Waals surface area contributed by atoms with Gasteiger partial charge in [0.1, 0.15) is 17.7 Å². The molecule has 6 aliphatic rings. The van der Waals surface area contributed by atoms with Crippen LogP contribution in [0.5, 0.6) is 0 Å². The summed E-state index contributed by atoms with van der Waals surface area (Å²) < 4.78 is 54.6. The van der Waals surface area contributed by atoms with Gasteiger partial charge in [-0.3, -0.25) is 29.0 Å². The van der Waals surface area contributed by atoms with E-state index in [0.29, 0.717) is 108 Å². The molecule has 2 aliphatic heterocycles. The van der Waals surface area contributed by atoms with Gasteiger partial charge in [-0.15, -0.1) is 0 Å². The van der Waals surface area contributed by atoms with Crippen molar-refractivity contribution in [2.75, 3.05) is 45.2 Å². The van der Waals surface area contributed by atoms with Crippen LogP contribution in [0.3, 0.4) is 0 Å². The van der Waals surface area contributed by atoms with Gasteiger partial charge in [0, 0.05) is 112 Å². The smallest absolute Gasteiger partial charge is 0.378 e. The highest BCUT2D eigenvalue weighted by Gasteiger charge is 2.44. The lowest BCUT2D eigenvalue weighted by Crippen LogP contribution is -2.59. The van der Waals surface area contributed by atoms with Crippen molar-refractivity contribution in [1.82, 2.24) is 51.3 Å². The topological polar surface area (TPSA) is 221 Å². The maximum Gasteiger partial charge on any atom is 0.416 e. The number of hydrogen-bond acceptors (Lipinski definition) is 13. The molecule has 0 radical (unpaired) electrons. The van der Waals surface area contributed by atoms with Crippen molar-refractivity contribution in [2.45, 2.75) is 222 Å². The predicted octanol–water partition coefficient (Wildman–Crippen LogP) is 7.62. The van der Waals surface area contributed by atoms with Crippen LogP contribution in [-0.4, -0.2) is 148 Å². The average molecular weight is 1140 g/mol. The minimum Gasteiger partial charge on any atom is -0.378 e. The molecule has 6 atom stereocenters. The standard InChI is InChI=1S/C61H88F3N11O7/c1-37(76)67-51-34-45(73-60(2,3)4)19-25-52(51)75-29-26-50(59(75)80)71-57-48-33-42(61(62,63)64)14-24-49(48)70-56(72-57)38-10-15-44(16-11-38)69-58(79)39-12-17-43(18-13-39)68-53(77)9-7-30-81-46-20-22-47(23-21-46)82-31-28-66-36-41-32-54(78)74(5)55(41)40-8-6-27-65-35-40/h6,8,14,24,27,33,35,38-39,41,43-47,50-52,55,66,73H,7,9-13,15-23,25-26,28-32,34,36H2,1-5H3,(H,67,76)(H,68,77)(H,69,79)(H,70,71,72)/t38-,39-,41?,43-,44+,45-,46-,47-,50+,51-,52+,55-/m1/s1. The molecule has 1 aromatic carbocycles. The van der Waals surface area contributed by atoms with Gasteiger partial charge in [0.25, 0.3) is 0 Å². The second-order valence-electron chi connectivity index (χ2n) is 25.3. The van der Waals surface area contributed by atoms with Crippen molar-refractivity contribution in [3.8, 4) is 0 Å². The van der Waals surface area contributed by atoms with Crippen LogP contribution in [0.25, 0.3) is 10.9 Å². The Hall–Kier alpha value is -5.51. The van der Waals surface area contributed by atoms with Crippen LogP contribution in [0.2, 0.25) is 0 Å². The maximum atomic E-state index is 14.2. The highest BCUT2D eigenvalue weighted by molar-refractivity contribution is 5.94. The van der Waals surface area contributed by atoms with Crippen LogP contribution >= 0.6 is 0 Å². The van der Waals surface area contributed by atoms with Crippen molar-refractivity contribution in [2.24, 2.45) is 11.8 Å². The molecule has 0 spiro atoms. The quantitative estimate of drug-likeness (QED) is 0.0566. The molecule has 2 aromatic heterocycles. The number of alkyl halides is 3. The van der Waals surface area contributed by atoms with E-state index in [1.54, 1.807) is 6.20 Å². The zero-order chi connectivity index (χ0) is 58.1. The molecule has 4 saturated carbocycles. The van der Waals surface area contributed by atoms with Crippen LogP contribution in [0.15, 0.2) is 42.7 Å². The summed E-state index contributed by atoms with van der Waals surface area (Å²) in [6.45, 7) is 10.8. The number of carbonyl (C=O) groups excluding carboxylic acids is 5. The molecule has 0 bridgehead atoms. The zero-order valence-electron chi connectivity index (χ0n) is 48.7. The van der Waals surface area contributed by atoms with E-state index in [2.05, 4.69) is 57.7 Å². The lowest BCUT2D eigenvalue weighted by Gasteiger charge is -2.43.